The van der Waals surface area contributed by atoms with Gasteiger partial charge in [-0.05, 0) is 37.1 Å². The largest absolute Gasteiger partial charge is 0.481 e. The van der Waals surface area contributed by atoms with E-state index in [9.17, 15) is 22.8 Å². The lowest BCUT2D eigenvalue weighted by Crippen LogP contribution is -2.29. The minimum Gasteiger partial charge on any atom is -0.481 e. The zero-order chi connectivity index (χ0) is 24.2. The molecule has 0 bridgehead atoms. The molecule has 1 N–H and O–H groups in total. The smallest absolute Gasteiger partial charge is 0.303 e. The number of hydrogen-bond acceptors (Lipinski definition) is 5. The Morgan fingerprint density at radius 2 is 2.00 bits per heavy atom. The van der Waals surface area contributed by atoms with Gasteiger partial charge >= 0.3 is 5.97 Å². The van der Waals surface area contributed by atoms with Gasteiger partial charge in [-0.3, -0.25) is 14.5 Å². The lowest BCUT2D eigenvalue weighted by Gasteiger charge is -2.14. The number of thioether (sulfide) groups is 1. The van der Waals surface area contributed by atoms with Gasteiger partial charge in [-0.25, -0.2) is 13.2 Å². The summed E-state index contributed by atoms with van der Waals surface area (Å²) in [7, 11) is 0. The molecule has 0 radical (unpaired) electrons. The van der Waals surface area contributed by atoms with E-state index in [-0.39, 0.29) is 23.7 Å². The second kappa shape index (κ2) is 10.6. The van der Waals surface area contributed by atoms with Crippen molar-refractivity contribution in [3.63, 3.8) is 0 Å². The van der Waals surface area contributed by atoms with Crippen LogP contribution in [-0.2, 0) is 15.5 Å². The van der Waals surface area contributed by atoms with Gasteiger partial charge in [0.05, 0.1) is 10.5 Å². The summed E-state index contributed by atoms with van der Waals surface area (Å²) in [5.74, 6) is -4.61. The highest BCUT2D eigenvalue weighted by molar-refractivity contribution is 8.26. The number of furan rings is 1. The highest BCUT2D eigenvalue weighted by Gasteiger charge is 2.32. The van der Waals surface area contributed by atoms with Gasteiger partial charge in [0, 0.05) is 31.0 Å². The van der Waals surface area contributed by atoms with Crippen LogP contribution in [-0.4, -0.2) is 32.7 Å². The maximum atomic E-state index is 14.5. The van der Waals surface area contributed by atoms with Crippen molar-refractivity contribution in [2.24, 2.45) is 0 Å². The topological polar surface area (TPSA) is 70.8 Å². The number of aliphatic carboxylic acids is 1. The molecule has 176 valence electrons. The van der Waals surface area contributed by atoms with Crippen LogP contribution in [0.25, 0.3) is 17.4 Å². The van der Waals surface area contributed by atoms with E-state index in [1.807, 2.05) is 0 Å². The number of carboxylic acids is 1. The van der Waals surface area contributed by atoms with E-state index in [1.54, 1.807) is 6.07 Å². The predicted molar refractivity (Wildman–Crippen MR) is 124 cm³/mol. The minimum atomic E-state index is -3.11. The SMILES string of the molecule is CCC(F)(F)c1ccc(-c2ccc(/C=C3/SC(=S)N(CCCCCC(=O)O)C3=O)o2)c(F)c1. The zero-order valence-electron chi connectivity index (χ0n) is 17.8. The van der Waals surface area contributed by atoms with Crippen LogP contribution < -0.4 is 0 Å². The van der Waals surface area contributed by atoms with Crippen LogP contribution >= 0.6 is 24.0 Å². The van der Waals surface area contributed by atoms with Crippen molar-refractivity contribution < 1.29 is 32.3 Å². The van der Waals surface area contributed by atoms with Crippen LogP contribution in [0.15, 0.2) is 39.7 Å². The molecule has 0 aliphatic carbocycles. The number of alkyl halides is 2. The number of nitrogens with zero attached hydrogens (tertiary/aromatic N) is 1. The van der Waals surface area contributed by atoms with E-state index in [4.69, 9.17) is 21.7 Å². The van der Waals surface area contributed by atoms with Crippen LogP contribution in [0, 0.1) is 5.82 Å². The molecule has 1 aromatic carbocycles. The maximum Gasteiger partial charge on any atom is 0.303 e. The molecule has 1 aliphatic heterocycles. The van der Waals surface area contributed by atoms with Gasteiger partial charge < -0.3 is 9.52 Å². The average molecular weight is 498 g/mol. The minimum absolute atomic E-state index is 0.0409. The number of carbonyl (C=O) groups excluding carboxylic acids is 1. The Morgan fingerprint density at radius 1 is 1.24 bits per heavy atom. The lowest BCUT2D eigenvalue weighted by atomic mass is 10.0. The number of hydrogen-bond donors (Lipinski definition) is 1. The molecule has 0 spiro atoms. The fraction of sp³-hybridized carbons (Fsp3) is 0.348. The molecule has 1 amide bonds. The van der Waals surface area contributed by atoms with E-state index in [0.29, 0.717) is 40.8 Å². The number of thiocarbonyl (C=S) groups is 1. The van der Waals surface area contributed by atoms with Gasteiger partial charge in [0.15, 0.2) is 0 Å². The van der Waals surface area contributed by atoms with Crippen LogP contribution in [0.2, 0.25) is 0 Å². The second-order valence-electron chi connectivity index (χ2n) is 7.49. The highest BCUT2D eigenvalue weighted by atomic mass is 32.2. The fourth-order valence-electron chi connectivity index (χ4n) is 3.27. The van der Waals surface area contributed by atoms with Crippen LogP contribution in [0.5, 0.6) is 0 Å². The molecule has 3 rings (SSSR count). The van der Waals surface area contributed by atoms with Gasteiger partial charge in [-0.15, -0.1) is 0 Å². The quantitative estimate of drug-likeness (QED) is 0.232. The Kier molecular flexibility index (Phi) is 8.01. The summed E-state index contributed by atoms with van der Waals surface area (Å²) in [5.41, 5.74) is -0.358. The molecule has 1 fully saturated rings. The number of halogens is 3. The fourth-order valence-corrected chi connectivity index (χ4v) is 4.56. The van der Waals surface area contributed by atoms with Crippen molar-refractivity contribution in [1.82, 2.24) is 4.90 Å². The number of carboxylic acid groups (broad SMARTS) is 1. The van der Waals surface area contributed by atoms with Gasteiger partial charge in [0.25, 0.3) is 11.8 Å². The Hall–Kier alpha value is -2.59. The number of carbonyl (C=O) groups is 2. The lowest BCUT2D eigenvalue weighted by molar-refractivity contribution is -0.137. The first-order chi connectivity index (χ1) is 15.6. The molecule has 33 heavy (non-hydrogen) atoms. The second-order valence-corrected chi connectivity index (χ2v) is 9.17. The Morgan fingerprint density at radius 3 is 2.67 bits per heavy atom. The number of benzene rings is 1. The Labute approximate surface area is 198 Å². The number of unbranched alkanes of at least 4 members (excludes halogenated alkanes) is 2. The normalized spacial score (nSPS) is 15.6. The van der Waals surface area contributed by atoms with Crippen molar-refractivity contribution in [3.8, 4) is 11.3 Å². The summed E-state index contributed by atoms with van der Waals surface area (Å²) in [5, 5.41) is 8.67. The third-order valence-corrected chi connectivity index (χ3v) is 6.52. The summed E-state index contributed by atoms with van der Waals surface area (Å²) in [6.45, 7) is 1.72. The van der Waals surface area contributed by atoms with Crippen molar-refractivity contribution in [2.45, 2.75) is 45.0 Å². The summed E-state index contributed by atoms with van der Waals surface area (Å²) >= 11 is 6.39. The molecule has 5 nitrogen and oxygen atoms in total. The zero-order valence-corrected chi connectivity index (χ0v) is 19.4. The van der Waals surface area contributed by atoms with Gasteiger partial charge in [0.2, 0.25) is 0 Å². The Bertz CT molecular complexity index is 1100. The van der Waals surface area contributed by atoms with Gasteiger partial charge in [-0.1, -0.05) is 43.4 Å². The summed E-state index contributed by atoms with van der Waals surface area (Å²) in [6, 6.07) is 6.29. The van der Waals surface area contributed by atoms with Crippen molar-refractivity contribution in [2.75, 3.05) is 6.54 Å². The first-order valence-electron chi connectivity index (χ1n) is 10.4. The summed E-state index contributed by atoms with van der Waals surface area (Å²) in [4.78, 5) is 25.0. The molecule has 1 saturated heterocycles. The summed E-state index contributed by atoms with van der Waals surface area (Å²) in [6.07, 6.45) is 2.98. The van der Waals surface area contributed by atoms with Crippen LogP contribution in [0.3, 0.4) is 0 Å². The maximum absolute atomic E-state index is 14.5. The van der Waals surface area contributed by atoms with E-state index in [1.165, 1.54) is 36.1 Å². The average Bonchev–Trinajstić information content (AvgIpc) is 3.32. The molecular weight excluding hydrogens is 475 g/mol. The molecule has 1 aromatic heterocycles. The van der Waals surface area contributed by atoms with E-state index in [0.717, 1.165) is 17.8 Å². The molecule has 0 unspecified atom stereocenters. The Balaban J connectivity index is 1.68. The van der Waals surface area contributed by atoms with Crippen LogP contribution in [0.4, 0.5) is 13.2 Å². The molecular formula is C23H22F3NO4S2. The molecule has 2 aromatic rings. The predicted octanol–water partition coefficient (Wildman–Crippen LogP) is 6.43. The number of amides is 1. The number of rotatable bonds is 10. The van der Waals surface area contributed by atoms with Crippen molar-refractivity contribution in [1.29, 1.82) is 0 Å². The molecule has 0 atom stereocenters. The first kappa shape index (κ1) is 25.0. The van der Waals surface area contributed by atoms with Gasteiger partial charge in [-0.2, -0.15) is 0 Å². The van der Waals surface area contributed by atoms with E-state index in [2.05, 4.69) is 0 Å². The molecule has 10 heteroatoms. The standard InChI is InChI=1S/C23H22F3NO4S2/c1-2-23(25,26)14-7-9-16(17(24)12-14)18-10-8-15(31-18)13-19-21(30)27(22(32)33-19)11-5-3-4-6-20(28)29/h7-10,12-13H,2-6,11H2,1H3,(H,28,29)/b19-13+. The van der Waals surface area contributed by atoms with Crippen LogP contribution in [0.1, 0.15) is 50.4 Å². The third-order valence-electron chi connectivity index (χ3n) is 5.15. The van der Waals surface area contributed by atoms with Crippen molar-refractivity contribution in [3.05, 3.63) is 52.4 Å². The van der Waals surface area contributed by atoms with E-state index < -0.39 is 29.7 Å². The van der Waals surface area contributed by atoms with Gasteiger partial charge in [0.1, 0.15) is 21.7 Å². The third kappa shape index (κ3) is 6.05. The monoisotopic (exact) mass is 497 g/mol. The first-order valence-corrected chi connectivity index (χ1v) is 11.6. The molecule has 1 aliphatic rings. The molecule has 2 heterocycles. The summed E-state index contributed by atoms with van der Waals surface area (Å²) < 4.78 is 48.1. The van der Waals surface area contributed by atoms with E-state index >= 15 is 0 Å². The molecule has 0 saturated carbocycles. The highest BCUT2D eigenvalue weighted by Crippen LogP contribution is 2.36. The van der Waals surface area contributed by atoms with Crippen molar-refractivity contribution >= 4 is 46.3 Å².